The topological polar surface area (TPSA) is 21.5 Å². The number of rotatable bonds is 4. The molecule has 2 heterocycles. The SMILES string of the molecule is C=C/C(=C\C)c1ccc2c(c1)c1cccc3c(C=C)c(C=C)c(=O)n2c31. The molecule has 26 heavy (non-hydrogen) atoms. The average Bonchev–Trinajstić information content (AvgIpc) is 3.00. The van der Waals surface area contributed by atoms with Crippen molar-refractivity contribution in [1.29, 1.82) is 0 Å². The molecule has 0 aliphatic rings. The first-order valence-corrected chi connectivity index (χ1v) is 8.56. The van der Waals surface area contributed by atoms with Crippen LogP contribution in [-0.4, -0.2) is 4.40 Å². The molecule has 2 aromatic carbocycles. The summed E-state index contributed by atoms with van der Waals surface area (Å²) >= 11 is 0. The van der Waals surface area contributed by atoms with E-state index in [2.05, 4.69) is 31.9 Å². The Labute approximate surface area is 152 Å². The number of para-hydroxylation sites is 1. The van der Waals surface area contributed by atoms with E-state index in [1.54, 1.807) is 16.6 Å². The molecule has 0 aliphatic heterocycles. The third-order valence-electron chi connectivity index (χ3n) is 5.07. The van der Waals surface area contributed by atoms with Crippen molar-refractivity contribution < 1.29 is 0 Å². The maximum absolute atomic E-state index is 13.2. The molecule has 0 amide bonds. The van der Waals surface area contributed by atoms with Crippen molar-refractivity contribution in [3.05, 3.63) is 95.3 Å². The molecule has 2 nitrogen and oxygen atoms in total. The zero-order chi connectivity index (χ0) is 18.4. The van der Waals surface area contributed by atoms with E-state index in [0.29, 0.717) is 5.56 Å². The summed E-state index contributed by atoms with van der Waals surface area (Å²) in [5.41, 5.74) is 5.37. The molecular weight excluding hydrogens is 318 g/mol. The van der Waals surface area contributed by atoms with Gasteiger partial charge in [-0.3, -0.25) is 9.20 Å². The predicted octanol–water partition coefficient (Wildman–Crippen LogP) is 5.92. The molecule has 126 valence electrons. The summed E-state index contributed by atoms with van der Waals surface area (Å²) in [4.78, 5) is 13.2. The first kappa shape index (κ1) is 16.1. The quantitative estimate of drug-likeness (QED) is 0.424. The van der Waals surface area contributed by atoms with Gasteiger partial charge in [0.25, 0.3) is 5.56 Å². The van der Waals surface area contributed by atoms with Crippen molar-refractivity contribution in [2.75, 3.05) is 0 Å². The van der Waals surface area contributed by atoms with Crippen LogP contribution in [0.1, 0.15) is 23.6 Å². The van der Waals surface area contributed by atoms with Crippen molar-refractivity contribution in [3.8, 4) is 0 Å². The fourth-order valence-corrected chi connectivity index (χ4v) is 3.88. The highest BCUT2D eigenvalue weighted by atomic mass is 16.1. The number of fused-ring (bicyclic) bond motifs is 3. The molecule has 4 rings (SSSR count). The van der Waals surface area contributed by atoms with Gasteiger partial charge in [-0.1, -0.05) is 68.3 Å². The van der Waals surface area contributed by atoms with E-state index in [0.717, 1.165) is 43.9 Å². The molecular formula is C24H19NO. The fourth-order valence-electron chi connectivity index (χ4n) is 3.88. The summed E-state index contributed by atoms with van der Waals surface area (Å²) < 4.78 is 1.80. The fraction of sp³-hybridized carbons (Fsp3) is 0.0417. The summed E-state index contributed by atoms with van der Waals surface area (Å²) in [5.74, 6) is 0. The second-order valence-electron chi connectivity index (χ2n) is 6.26. The van der Waals surface area contributed by atoms with E-state index in [4.69, 9.17) is 0 Å². The van der Waals surface area contributed by atoms with Crippen LogP contribution in [0.25, 0.3) is 44.9 Å². The van der Waals surface area contributed by atoms with Gasteiger partial charge in [-0.05, 0) is 35.8 Å². The first-order valence-electron chi connectivity index (χ1n) is 8.56. The lowest BCUT2D eigenvalue weighted by molar-refractivity contribution is 1.17. The van der Waals surface area contributed by atoms with Crippen molar-refractivity contribution in [2.45, 2.75) is 6.92 Å². The van der Waals surface area contributed by atoms with Crippen LogP contribution < -0.4 is 5.56 Å². The maximum Gasteiger partial charge on any atom is 0.263 e. The van der Waals surface area contributed by atoms with Gasteiger partial charge in [0.15, 0.2) is 0 Å². The highest BCUT2D eigenvalue weighted by Gasteiger charge is 2.18. The van der Waals surface area contributed by atoms with Gasteiger partial charge in [-0.2, -0.15) is 0 Å². The number of allylic oxidation sites excluding steroid dienone is 3. The van der Waals surface area contributed by atoms with Gasteiger partial charge >= 0.3 is 0 Å². The third-order valence-corrected chi connectivity index (χ3v) is 5.07. The minimum Gasteiger partial charge on any atom is -0.275 e. The summed E-state index contributed by atoms with van der Waals surface area (Å²) in [6.07, 6.45) is 7.25. The Morgan fingerprint density at radius 2 is 1.69 bits per heavy atom. The van der Waals surface area contributed by atoms with Gasteiger partial charge in [-0.15, -0.1) is 0 Å². The number of hydrogen-bond donors (Lipinski definition) is 0. The van der Waals surface area contributed by atoms with E-state index >= 15 is 0 Å². The molecule has 0 fully saturated rings. The molecule has 0 N–H and O–H groups in total. The molecule has 2 aromatic heterocycles. The monoisotopic (exact) mass is 337 g/mol. The minimum atomic E-state index is -0.0590. The standard InChI is InChI=1S/C24H19NO/c1-5-15(6-2)16-12-13-22-21(14-16)20-11-9-10-19-17(7-3)18(8-4)24(26)25(22)23(19)20/h5-14H,1,3-4H2,2H3/b15-6+. The van der Waals surface area contributed by atoms with Crippen LogP contribution in [0, 0.1) is 0 Å². The largest absolute Gasteiger partial charge is 0.275 e. The Balaban J connectivity index is 2.30. The lowest BCUT2D eigenvalue weighted by Crippen LogP contribution is -2.17. The molecule has 0 aliphatic carbocycles. The molecule has 0 spiro atoms. The lowest BCUT2D eigenvalue weighted by Gasteiger charge is -2.08. The number of pyridine rings is 1. The van der Waals surface area contributed by atoms with Crippen LogP contribution in [0.3, 0.4) is 0 Å². The van der Waals surface area contributed by atoms with Crippen LogP contribution >= 0.6 is 0 Å². The maximum atomic E-state index is 13.2. The number of aromatic nitrogens is 1. The first-order chi connectivity index (χ1) is 12.7. The average molecular weight is 337 g/mol. The van der Waals surface area contributed by atoms with Crippen LogP contribution in [-0.2, 0) is 0 Å². The van der Waals surface area contributed by atoms with Gasteiger partial charge in [0, 0.05) is 21.7 Å². The zero-order valence-electron chi connectivity index (χ0n) is 14.8. The highest BCUT2D eigenvalue weighted by molar-refractivity contribution is 6.16. The molecule has 0 unspecified atom stereocenters. The van der Waals surface area contributed by atoms with Gasteiger partial charge in [0.05, 0.1) is 11.0 Å². The van der Waals surface area contributed by atoms with Crippen molar-refractivity contribution in [2.24, 2.45) is 0 Å². The summed E-state index contributed by atoms with van der Waals surface area (Å²) in [6, 6.07) is 12.3. The molecule has 0 atom stereocenters. The summed E-state index contributed by atoms with van der Waals surface area (Å²) in [7, 11) is 0. The van der Waals surface area contributed by atoms with Gasteiger partial charge in [-0.25, -0.2) is 0 Å². The smallest absolute Gasteiger partial charge is 0.263 e. The zero-order valence-corrected chi connectivity index (χ0v) is 14.8. The molecule has 0 bridgehead atoms. The molecule has 2 heteroatoms. The van der Waals surface area contributed by atoms with E-state index in [9.17, 15) is 4.79 Å². The molecule has 4 aromatic rings. The third kappa shape index (κ3) is 1.96. The normalized spacial score (nSPS) is 12.1. The van der Waals surface area contributed by atoms with Crippen LogP contribution in [0.15, 0.2) is 73.1 Å². The van der Waals surface area contributed by atoms with Gasteiger partial charge in [0.1, 0.15) is 0 Å². The minimum absolute atomic E-state index is 0.0590. The Bertz CT molecular complexity index is 1300. The highest BCUT2D eigenvalue weighted by Crippen LogP contribution is 2.35. The Morgan fingerprint density at radius 1 is 0.962 bits per heavy atom. The Hall–Kier alpha value is -3.39. The summed E-state index contributed by atoms with van der Waals surface area (Å²) in [6.45, 7) is 13.6. The Morgan fingerprint density at radius 3 is 2.35 bits per heavy atom. The van der Waals surface area contributed by atoms with E-state index in [1.807, 2.05) is 43.3 Å². The molecule has 0 radical (unpaired) electrons. The number of hydrogen-bond acceptors (Lipinski definition) is 1. The van der Waals surface area contributed by atoms with Crippen molar-refractivity contribution in [3.63, 3.8) is 0 Å². The number of nitrogens with zero attached hydrogens (tertiary/aromatic N) is 1. The summed E-state index contributed by atoms with van der Waals surface area (Å²) in [5, 5.41) is 3.14. The molecule has 0 saturated carbocycles. The van der Waals surface area contributed by atoms with Gasteiger partial charge in [0.2, 0.25) is 0 Å². The second-order valence-corrected chi connectivity index (χ2v) is 6.26. The van der Waals surface area contributed by atoms with Crippen LogP contribution in [0.4, 0.5) is 0 Å². The number of benzene rings is 2. The van der Waals surface area contributed by atoms with E-state index in [1.165, 1.54) is 0 Å². The van der Waals surface area contributed by atoms with Crippen LogP contribution in [0.5, 0.6) is 0 Å². The Kier molecular flexibility index (Phi) is 3.62. The second kappa shape index (κ2) is 5.85. The van der Waals surface area contributed by atoms with Crippen molar-refractivity contribution in [1.82, 2.24) is 4.40 Å². The van der Waals surface area contributed by atoms with Crippen LogP contribution in [0.2, 0.25) is 0 Å². The van der Waals surface area contributed by atoms with Gasteiger partial charge < -0.3 is 0 Å². The predicted molar refractivity (Wildman–Crippen MR) is 114 cm³/mol. The van der Waals surface area contributed by atoms with E-state index < -0.39 is 0 Å². The molecule has 0 saturated heterocycles. The van der Waals surface area contributed by atoms with E-state index in [-0.39, 0.29) is 5.56 Å². The van der Waals surface area contributed by atoms with Crippen molar-refractivity contribution >= 4 is 44.9 Å². The lowest BCUT2D eigenvalue weighted by atomic mass is 10.0.